The van der Waals surface area contributed by atoms with Crippen molar-refractivity contribution < 1.29 is 14.3 Å². The van der Waals surface area contributed by atoms with E-state index in [1.165, 1.54) is 0 Å². The van der Waals surface area contributed by atoms with Crippen LogP contribution in [0.5, 0.6) is 11.5 Å². The van der Waals surface area contributed by atoms with Gasteiger partial charge >= 0.3 is 0 Å². The maximum atomic E-state index is 12.3. The van der Waals surface area contributed by atoms with Crippen molar-refractivity contribution in [3.8, 4) is 11.5 Å². The van der Waals surface area contributed by atoms with Gasteiger partial charge in [0.15, 0.2) is 11.5 Å². The van der Waals surface area contributed by atoms with Crippen LogP contribution in [0.2, 0.25) is 0 Å². The molecule has 1 aliphatic rings. The highest BCUT2D eigenvalue weighted by molar-refractivity contribution is 5.84. The number of carbonyl (C=O) groups is 1. The van der Waals surface area contributed by atoms with E-state index in [4.69, 9.17) is 9.47 Å². The minimum atomic E-state index is -0.0414. The van der Waals surface area contributed by atoms with Gasteiger partial charge in [-0.05, 0) is 18.2 Å². The van der Waals surface area contributed by atoms with E-state index in [-0.39, 0.29) is 11.9 Å². The lowest BCUT2D eigenvalue weighted by Crippen LogP contribution is -2.30. The summed E-state index contributed by atoms with van der Waals surface area (Å²) in [4.78, 5) is 18.8. The van der Waals surface area contributed by atoms with Crippen LogP contribution in [0, 0.1) is 0 Å². The van der Waals surface area contributed by atoms with Crippen molar-refractivity contribution in [1.29, 1.82) is 0 Å². The molecule has 1 amide bonds. The molecule has 0 saturated carbocycles. The number of nitrogens with zero attached hydrogens (tertiary/aromatic N) is 2. The Bertz CT molecular complexity index is 721. The first kappa shape index (κ1) is 17.2. The Morgan fingerprint density at radius 1 is 1.24 bits per heavy atom. The molecule has 1 aliphatic heterocycles. The third-order valence-corrected chi connectivity index (χ3v) is 4.34. The van der Waals surface area contributed by atoms with Crippen molar-refractivity contribution in [3.63, 3.8) is 0 Å². The highest BCUT2D eigenvalue weighted by Gasteiger charge is 2.39. The second-order valence-electron chi connectivity index (χ2n) is 5.95. The number of nitrogens with one attached hydrogen (secondary N) is 1. The summed E-state index contributed by atoms with van der Waals surface area (Å²) in [5, 5.41) is 2.98. The molecule has 0 radical (unpaired) electrons. The quantitative estimate of drug-likeness (QED) is 0.740. The van der Waals surface area contributed by atoms with E-state index in [9.17, 15) is 4.79 Å². The minimum Gasteiger partial charge on any atom is -0.493 e. The predicted octanol–water partition coefficient (Wildman–Crippen LogP) is 1.64. The fourth-order valence-corrected chi connectivity index (χ4v) is 2.87. The first-order chi connectivity index (χ1) is 12.2. The SMILES string of the molecule is COc1cccc(CNC(=O)C2CN2CCc2ccccn2)c1OC. The summed E-state index contributed by atoms with van der Waals surface area (Å²) in [6.45, 7) is 2.06. The summed E-state index contributed by atoms with van der Waals surface area (Å²) in [5.41, 5.74) is 1.95. The van der Waals surface area contributed by atoms with Crippen molar-refractivity contribution >= 4 is 5.91 Å². The van der Waals surface area contributed by atoms with Crippen LogP contribution in [0.1, 0.15) is 11.3 Å². The molecule has 25 heavy (non-hydrogen) atoms. The Kier molecular flexibility index (Phi) is 5.50. The molecule has 3 rings (SSSR count). The van der Waals surface area contributed by atoms with Gasteiger partial charge in [0.25, 0.3) is 0 Å². The van der Waals surface area contributed by atoms with Crippen LogP contribution in [0.25, 0.3) is 0 Å². The summed E-state index contributed by atoms with van der Waals surface area (Å²) < 4.78 is 10.7. The predicted molar refractivity (Wildman–Crippen MR) is 94.7 cm³/mol. The summed E-state index contributed by atoms with van der Waals surface area (Å²) in [6.07, 6.45) is 2.65. The van der Waals surface area contributed by atoms with Crippen molar-refractivity contribution in [3.05, 3.63) is 53.9 Å². The van der Waals surface area contributed by atoms with E-state index in [0.717, 1.165) is 30.8 Å². The smallest absolute Gasteiger partial charge is 0.238 e. The number of amides is 1. The Morgan fingerprint density at radius 2 is 2.12 bits per heavy atom. The minimum absolute atomic E-state index is 0.0414. The first-order valence-corrected chi connectivity index (χ1v) is 8.34. The largest absolute Gasteiger partial charge is 0.493 e. The molecule has 0 spiro atoms. The van der Waals surface area contributed by atoms with Gasteiger partial charge in [0.05, 0.1) is 14.2 Å². The van der Waals surface area contributed by atoms with E-state index in [1.807, 2.05) is 36.4 Å². The average molecular weight is 341 g/mol. The van der Waals surface area contributed by atoms with E-state index in [0.29, 0.717) is 18.0 Å². The van der Waals surface area contributed by atoms with Crippen LogP contribution in [0.3, 0.4) is 0 Å². The summed E-state index contributed by atoms with van der Waals surface area (Å²) >= 11 is 0. The molecule has 6 heteroatoms. The zero-order valence-electron chi connectivity index (χ0n) is 14.6. The first-order valence-electron chi connectivity index (χ1n) is 8.34. The molecule has 2 aromatic rings. The van der Waals surface area contributed by atoms with E-state index >= 15 is 0 Å². The van der Waals surface area contributed by atoms with Gasteiger partial charge in [0.1, 0.15) is 6.04 Å². The standard InChI is InChI=1S/C19H23N3O3/c1-24-17-8-5-6-14(18(17)25-2)12-21-19(23)16-13-22(16)11-9-15-7-3-4-10-20-15/h3-8,10,16H,9,11-13H2,1-2H3,(H,21,23). The molecule has 132 valence electrons. The number of pyridine rings is 1. The van der Waals surface area contributed by atoms with Crippen LogP contribution in [0.15, 0.2) is 42.6 Å². The van der Waals surface area contributed by atoms with Gasteiger partial charge in [-0.3, -0.25) is 14.7 Å². The molecule has 0 aliphatic carbocycles. The van der Waals surface area contributed by atoms with E-state index in [2.05, 4.69) is 15.2 Å². The van der Waals surface area contributed by atoms with Gasteiger partial charge in [0.2, 0.25) is 5.91 Å². The Morgan fingerprint density at radius 3 is 2.84 bits per heavy atom. The topological polar surface area (TPSA) is 63.5 Å². The highest BCUT2D eigenvalue weighted by atomic mass is 16.5. The monoisotopic (exact) mass is 341 g/mol. The Labute approximate surface area is 147 Å². The number of hydrogen-bond donors (Lipinski definition) is 1. The molecule has 2 unspecified atom stereocenters. The van der Waals surface area contributed by atoms with Crippen LogP contribution in [-0.4, -0.2) is 49.1 Å². The Balaban J connectivity index is 1.48. The molecular formula is C19H23N3O3. The van der Waals surface area contributed by atoms with Gasteiger partial charge < -0.3 is 14.8 Å². The number of carbonyl (C=O) groups excluding carboxylic acids is 1. The second kappa shape index (κ2) is 7.98. The molecule has 0 bridgehead atoms. The number of para-hydroxylation sites is 1. The van der Waals surface area contributed by atoms with Gasteiger partial charge in [0, 0.05) is 43.5 Å². The fraction of sp³-hybridized carbons (Fsp3) is 0.368. The lowest BCUT2D eigenvalue weighted by molar-refractivity contribution is -0.121. The number of methoxy groups -OCH3 is 2. The fourth-order valence-electron chi connectivity index (χ4n) is 2.87. The van der Waals surface area contributed by atoms with Gasteiger partial charge in [-0.25, -0.2) is 0 Å². The number of benzene rings is 1. The second-order valence-corrected chi connectivity index (χ2v) is 5.95. The number of aromatic nitrogens is 1. The van der Waals surface area contributed by atoms with Crippen molar-refractivity contribution in [2.75, 3.05) is 27.3 Å². The molecule has 1 aromatic heterocycles. The molecule has 2 heterocycles. The molecule has 1 N–H and O–H groups in total. The van der Waals surface area contributed by atoms with Gasteiger partial charge in [-0.2, -0.15) is 0 Å². The lowest BCUT2D eigenvalue weighted by atomic mass is 10.2. The summed E-state index contributed by atoms with van der Waals surface area (Å²) in [5.74, 6) is 1.37. The van der Waals surface area contributed by atoms with Crippen LogP contribution in [-0.2, 0) is 17.8 Å². The van der Waals surface area contributed by atoms with Gasteiger partial charge in [-0.1, -0.05) is 18.2 Å². The zero-order valence-corrected chi connectivity index (χ0v) is 14.6. The molecule has 2 atom stereocenters. The van der Waals surface area contributed by atoms with Crippen molar-refractivity contribution in [1.82, 2.24) is 15.2 Å². The van der Waals surface area contributed by atoms with Crippen molar-refractivity contribution in [2.45, 2.75) is 19.0 Å². The normalized spacial score (nSPS) is 18.5. The highest BCUT2D eigenvalue weighted by Crippen LogP contribution is 2.30. The number of rotatable bonds is 8. The third kappa shape index (κ3) is 4.28. The van der Waals surface area contributed by atoms with E-state index < -0.39 is 0 Å². The molecular weight excluding hydrogens is 318 g/mol. The van der Waals surface area contributed by atoms with Gasteiger partial charge in [-0.15, -0.1) is 0 Å². The Hall–Kier alpha value is -2.60. The maximum Gasteiger partial charge on any atom is 0.238 e. The number of ether oxygens (including phenoxy) is 2. The molecule has 6 nitrogen and oxygen atoms in total. The summed E-state index contributed by atoms with van der Waals surface area (Å²) in [6, 6.07) is 11.5. The molecule has 1 saturated heterocycles. The van der Waals surface area contributed by atoms with Crippen LogP contribution >= 0.6 is 0 Å². The van der Waals surface area contributed by atoms with Crippen LogP contribution < -0.4 is 14.8 Å². The van der Waals surface area contributed by atoms with Crippen molar-refractivity contribution in [2.24, 2.45) is 0 Å². The molecule has 1 aromatic carbocycles. The van der Waals surface area contributed by atoms with Crippen LogP contribution in [0.4, 0.5) is 0 Å². The average Bonchev–Trinajstić information content (AvgIpc) is 3.44. The summed E-state index contributed by atoms with van der Waals surface area (Å²) in [7, 11) is 3.20. The zero-order chi connectivity index (χ0) is 17.6. The third-order valence-electron chi connectivity index (χ3n) is 4.34. The lowest BCUT2D eigenvalue weighted by Gasteiger charge is -2.13. The van der Waals surface area contributed by atoms with E-state index in [1.54, 1.807) is 20.4 Å². The number of hydrogen-bond acceptors (Lipinski definition) is 5. The maximum absolute atomic E-state index is 12.3. The molecule has 1 fully saturated rings.